The fraction of sp³-hybridized carbons (Fsp3) is 0.143. The Bertz CT molecular complexity index is 659. The van der Waals surface area contributed by atoms with Crippen molar-refractivity contribution in [3.63, 3.8) is 0 Å². The molecule has 0 saturated heterocycles. The predicted octanol–water partition coefficient (Wildman–Crippen LogP) is 3.24. The number of hydrogen-bond donors (Lipinski definition) is 1. The monoisotopic (exact) mass is 276 g/mol. The van der Waals surface area contributed by atoms with E-state index in [1.54, 1.807) is 18.5 Å². The van der Waals surface area contributed by atoms with Gasteiger partial charge in [-0.1, -0.05) is 17.7 Å². The Morgan fingerprint density at radius 2 is 2.16 bits per heavy atom. The first kappa shape index (κ1) is 13.4. The van der Waals surface area contributed by atoms with Crippen molar-refractivity contribution in [2.45, 2.75) is 13.8 Å². The van der Waals surface area contributed by atoms with E-state index in [1.807, 2.05) is 24.5 Å². The summed E-state index contributed by atoms with van der Waals surface area (Å²) in [7, 11) is 0. The van der Waals surface area contributed by atoms with Crippen molar-refractivity contribution >= 4 is 23.6 Å². The summed E-state index contributed by atoms with van der Waals surface area (Å²) in [5.41, 5.74) is 3.58. The fourth-order valence-corrected chi connectivity index (χ4v) is 1.96. The van der Waals surface area contributed by atoms with Crippen LogP contribution in [-0.2, 0) is 4.79 Å². The molecule has 0 bridgehead atoms. The van der Waals surface area contributed by atoms with Crippen LogP contribution in [0.25, 0.3) is 11.8 Å². The normalized spacial score (nSPS) is 11.1. The summed E-state index contributed by atoms with van der Waals surface area (Å²) in [6.45, 7) is 3.92. The van der Waals surface area contributed by atoms with Gasteiger partial charge in [-0.2, -0.15) is 0 Å². The molecule has 0 atom stereocenters. The zero-order valence-corrected chi connectivity index (χ0v) is 11.3. The van der Waals surface area contributed by atoms with Gasteiger partial charge in [-0.3, -0.25) is 0 Å². The van der Waals surface area contributed by atoms with Gasteiger partial charge in [-0.05, 0) is 37.6 Å². The number of imidazole rings is 1. The van der Waals surface area contributed by atoms with Crippen molar-refractivity contribution in [2.24, 2.45) is 0 Å². The standard InChI is InChI=1S/C14H13ClN2O2/c1-9-10(2)17(8-16-9)12-5-3-11(13(15)7-12)4-6-14(18)19/h3-8H,1-2H3,(H,18,19)/b6-4+. The number of carboxylic acid groups (broad SMARTS) is 1. The van der Waals surface area contributed by atoms with Gasteiger partial charge in [-0.15, -0.1) is 0 Å². The number of aryl methyl sites for hydroxylation is 1. The topological polar surface area (TPSA) is 55.1 Å². The van der Waals surface area contributed by atoms with Crippen LogP contribution in [0.15, 0.2) is 30.6 Å². The lowest BCUT2D eigenvalue weighted by Gasteiger charge is -2.07. The number of hydrogen-bond acceptors (Lipinski definition) is 2. The van der Waals surface area contributed by atoms with E-state index in [0.29, 0.717) is 10.6 Å². The van der Waals surface area contributed by atoms with Crippen LogP contribution in [0.3, 0.4) is 0 Å². The molecule has 98 valence electrons. The molecule has 1 heterocycles. The zero-order chi connectivity index (χ0) is 14.0. The molecule has 0 spiro atoms. The molecule has 0 fully saturated rings. The molecule has 0 unspecified atom stereocenters. The minimum Gasteiger partial charge on any atom is -0.478 e. The van der Waals surface area contributed by atoms with Crippen molar-refractivity contribution in [2.75, 3.05) is 0 Å². The number of halogens is 1. The molecule has 0 aliphatic rings. The molecule has 1 aromatic carbocycles. The average molecular weight is 277 g/mol. The van der Waals surface area contributed by atoms with Crippen molar-refractivity contribution < 1.29 is 9.90 Å². The van der Waals surface area contributed by atoms with Gasteiger partial charge in [0.2, 0.25) is 0 Å². The smallest absolute Gasteiger partial charge is 0.328 e. The molecule has 19 heavy (non-hydrogen) atoms. The summed E-state index contributed by atoms with van der Waals surface area (Å²) in [6.07, 6.45) is 4.27. The molecule has 0 aliphatic carbocycles. The Kier molecular flexibility index (Phi) is 3.71. The number of benzene rings is 1. The third-order valence-corrected chi connectivity index (χ3v) is 3.25. The van der Waals surface area contributed by atoms with Gasteiger partial charge in [0.05, 0.1) is 12.0 Å². The van der Waals surface area contributed by atoms with Crippen molar-refractivity contribution in [1.82, 2.24) is 9.55 Å². The average Bonchev–Trinajstić information content (AvgIpc) is 2.68. The Morgan fingerprint density at radius 3 is 2.68 bits per heavy atom. The first-order chi connectivity index (χ1) is 8.99. The highest BCUT2D eigenvalue weighted by Gasteiger charge is 2.06. The second-order valence-electron chi connectivity index (χ2n) is 4.16. The summed E-state index contributed by atoms with van der Waals surface area (Å²) >= 11 is 6.14. The van der Waals surface area contributed by atoms with E-state index < -0.39 is 5.97 Å². The first-order valence-corrected chi connectivity index (χ1v) is 6.08. The second-order valence-corrected chi connectivity index (χ2v) is 4.57. The first-order valence-electron chi connectivity index (χ1n) is 5.70. The van der Waals surface area contributed by atoms with Crippen LogP contribution in [0.2, 0.25) is 5.02 Å². The van der Waals surface area contributed by atoms with Crippen LogP contribution >= 0.6 is 11.6 Å². The molecule has 5 heteroatoms. The number of aromatic nitrogens is 2. The lowest BCUT2D eigenvalue weighted by Crippen LogP contribution is -1.95. The number of nitrogens with zero attached hydrogens (tertiary/aromatic N) is 2. The molecule has 1 aromatic heterocycles. The zero-order valence-electron chi connectivity index (χ0n) is 10.6. The van der Waals surface area contributed by atoms with E-state index in [2.05, 4.69) is 4.98 Å². The van der Waals surface area contributed by atoms with Crippen LogP contribution in [0.5, 0.6) is 0 Å². The molecule has 0 radical (unpaired) electrons. The molecule has 4 nitrogen and oxygen atoms in total. The van der Waals surface area contributed by atoms with Crippen LogP contribution in [-0.4, -0.2) is 20.6 Å². The number of aliphatic carboxylic acids is 1. The minimum absolute atomic E-state index is 0.501. The summed E-state index contributed by atoms with van der Waals surface area (Å²) in [4.78, 5) is 14.7. The van der Waals surface area contributed by atoms with Gasteiger partial charge in [0.25, 0.3) is 0 Å². The van der Waals surface area contributed by atoms with Gasteiger partial charge >= 0.3 is 5.97 Å². The lowest BCUT2D eigenvalue weighted by molar-refractivity contribution is -0.131. The van der Waals surface area contributed by atoms with E-state index in [4.69, 9.17) is 16.7 Å². The Labute approximate surface area is 116 Å². The second kappa shape index (κ2) is 5.28. The van der Waals surface area contributed by atoms with Gasteiger partial charge in [0.1, 0.15) is 0 Å². The van der Waals surface area contributed by atoms with Crippen LogP contribution in [0, 0.1) is 13.8 Å². The van der Waals surface area contributed by atoms with Crippen LogP contribution in [0.4, 0.5) is 0 Å². The maximum absolute atomic E-state index is 10.5. The van der Waals surface area contributed by atoms with Gasteiger partial charge in [0, 0.05) is 22.5 Å². The third kappa shape index (κ3) is 2.85. The van der Waals surface area contributed by atoms with Gasteiger partial charge < -0.3 is 9.67 Å². The quantitative estimate of drug-likeness (QED) is 0.876. The minimum atomic E-state index is -0.999. The lowest BCUT2D eigenvalue weighted by atomic mass is 10.2. The number of carbonyl (C=O) groups is 1. The Hall–Kier alpha value is -2.07. The maximum Gasteiger partial charge on any atom is 0.328 e. The van der Waals surface area contributed by atoms with E-state index in [0.717, 1.165) is 23.2 Å². The van der Waals surface area contributed by atoms with E-state index >= 15 is 0 Å². The Balaban J connectivity index is 2.39. The molecule has 1 N–H and O–H groups in total. The molecule has 0 amide bonds. The van der Waals surface area contributed by atoms with Gasteiger partial charge in [0.15, 0.2) is 0 Å². The molecule has 0 aliphatic heterocycles. The molecule has 0 saturated carbocycles. The maximum atomic E-state index is 10.5. The summed E-state index contributed by atoms with van der Waals surface area (Å²) in [5.74, 6) is -0.999. The highest BCUT2D eigenvalue weighted by atomic mass is 35.5. The van der Waals surface area contributed by atoms with E-state index in [9.17, 15) is 4.79 Å². The largest absolute Gasteiger partial charge is 0.478 e. The number of rotatable bonds is 3. The van der Waals surface area contributed by atoms with Crippen LogP contribution in [0.1, 0.15) is 17.0 Å². The number of carboxylic acids is 1. The van der Waals surface area contributed by atoms with Crippen molar-refractivity contribution in [3.8, 4) is 5.69 Å². The third-order valence-electron chi connectivity index (χ3n) is 2.92. The molecule has 2 aromatic rings. The highest BCUT2D eigenvalue weighted by molar-refractivity contribution is 6.32. The van der Waals surface area contributed by atoms with Crippen LogP contribution < -0.4 is 0 Å². The summed E-state index contributed by atoms with van der Waals surface area (Å²) in [5, 5.41) is 9.10. The Morgan fingerprint density at radius 1 is 1.42 bits per heavy atom. The molecular formula is C14H13ClN2O2. The molecular weight excluding hydrogens is 264 g/mol. The summed E-state index contributed by atoms with van der Waals surface area (Å²) in [6, 6.07) is 5.45. The van der Waals surface area contributed by atoms with Crippen molar-refractivity contribution in [3.05, 3.63) is 52.6 Å². The predicted molar refractivity (Wildman–Crippen MR) is 74.7 cm³/mol. The SMILES string of the molecule is Cc1ncn(-c2ccc(/C=C/C(=O)O)c(Cl)c2)c1C. The fourth-order valence-electron chi connectivity index (χ4n) is 1.72. The molecule has 2 rings (SSSR count). The van der Waals surface area contributed by atoms with Gasteiger partial charge in [-0.25, -0.2) is 9.78 Å². The van der Waals surface area contributed by atoms with E-state index in [1.165, 1.54) is 6.08 Å². The highest BCUT2D eigenvalue weighted by Crippen LogP contribution is 2.23. The van der Waals surface area contributed by atoms with E-state index in [-0.39, 0.29) is 0 Å². The van der Waals surface area contributed by atoms with Crippen molar-refractivity contribution in [1.29, 1.82) is 0 Å². The summed E-state index contributed by atoms with van der Waals surface area (Å²) < 4.78 is 1.94.